The molecule has 5 heteroatoms. The zero-order valence-corrected chi connectivity index (χ0v) is 12.4. The molecule has 1 amide bonds. The second kappa shape index (κ2) is 5.94. The number of nitrogens with one attached hydrogen (secondary N) is 1. The lowest BCUT2D eigenvalue weighted by atomic mass is 9.97. The summed E-state index contributed by atoms with van der Waals surface area (Å²) < 4.78 is 4.59. The van der Waals surface area contributed by atoms with Gasteiger partial charge in [0.15, 0.2) is 0 Å². The highest BCUT2D eigenvalue weighted by Crippen LogP contribution is 2.27. The third-order valence-electron chi connectivity index (χ3n) is 3.58. The third-order valence-corrected chi connectivity index (χ3v) is 3.58. The largest absolute Gasteiger partial charge is 0.453 e. The van der Waals surface area contributed by atoms with Gasteiger partial charge in [0.25, 0.3) is 0 Å². The fourth-order valence-corrected chi connectivity index (χ4v) is 2.28. The van der Waals surface area contributed by atoms with E-state index in [1.54, 1.807) is 0 Å². The minimum Gasteiger partial charge on any atom is -0.453 e. The second-order valence-corrected chi connectivity index (χ2v) is 5.23. The first-order chi connectivity index (χ1) is 9.52. The fraction of sp³-hybridized carbons (Fsp3) is 0.467. The van der Waals surface area contributed by atoms with Crippen molar-refractivity contribution in [2.45, 2.75) is 25.8 Å². The van der Waals surface area contributed by atoms with Gasteiger partial charge in [-0.05, 0) is 17.0 Å². The molecule has 0 aromatic heterocycles. The average Bonchev–Trinajstić information content (AvgIpc) is 2.80. The number of alkyl carbamates (subject to hydrolysis) is 1. The van der Waals surface area contributed by atoms with Crippen LogP contribution in [0, 0.1) is 0 Å². The molecular formula is C15H21N3O2. The lowest BCUT2D eigenvalue weighted by molar-refractivity contribution is 0.175. The minimum absolute atomic E-state index is 0.154. The molecule has 5 nitrogen and oxygen atoms in total. The Kier molecular flexibility index (Phi) is 4.27. The lowest BCUT2D eigenvalue weighted by Crippen LogP contribution is -2.40. The van der Waals surface area contributed by atoms with Crippen LogP contribution in [-0.4, -0.2) is 37.7 Å². The molecule has 0 spiro atoms. The van der Waals surface area contributed by atoms with Gasteiger partial charge in [0, 0.05) is 7.05 Å². The summed E-state index contributed by atoms with van der Waals surface area (Å²) in [7, 11) is 3.27. The zero-order chi connectivity index (χ0) is 14.7. The highest BCUT2D eigenvalue weighted by Gasteiger charge is 2.27. The Morgan fingerprint density at radius 3 is 2.90 bits per heavy atom. The summed E-state index contributed by atoms with van der Waals surface area (Å²) in [6.07, 6.45) is -0.493. The van der Waals surface area contributed by atoms with Crippen LogP contribution in [0.2, 0.25) is 0 Å². The molecular weight excluding hydrogens is 254 g/mol. The number of amides is 1. The molecule has 1 aromatic rings. The second-order valence-electron chi connectivity index (χ2n) is 5.23. The number of methoxy groups -OCH3 is 1. The first kappa shape index (κ1) is 14.4. The molecule has 0 saturated carbocycles. The first-order valence-electron chi connectivity index (χ1n) is 6.75. The van der Waals surface area contributed by atoms with Crippen LogP contribution in [0.1, 0.15) is 36.9 Å². The molecule has 0 aliphatic carbocycles. The number of rotatable bonds is 2. The highest BCUT2D eigenvalue weighted by molar-refractivity contribution is 5.94. The maximum atomic E-state index is 11.3. The van der Waals surface area contributed by atoms with Crippen LogP contribution in [0.4, 0.5) is 4.79 Å². The van der Waals surface area contributed by atoms with E-state index in [-0.39, 0.29) is 6.04 Å². The number of ether oxygens (including phenoxy) is 1. The molecule has 20 heavy (non-hydrogen) atoms. The molecule has 0 radical (unpaired) electrons. The van der Waals surface area contributed by atoms with Gasteiger partial charge in [0.05, 0.1) is 19.7 Å². The Bertz CT molecular complexity index is 526. The number of nitrogens with zero attached hydrogens (tertiary/aromatic N) is 2. The predicted octanol–water partition coefficient (Wildman–Crippen LogP) is 2.51. The van der Waals surface area contributed by atoms with Gasteiger partial charge in [-0.15, -0.1) is 0 Å². The SMILES string of the molecule is COC(=O)NC1=NCC(c2cccc(C(C)C)c2)N1C. The van der Waals surface area contributed by atoms with Crippen LogP contribution < -0.4 is 5.32 Å². The van der Waals surface area contributed by atoms with E-state index in [1.165, 1.54) is 18.2 Å². The summed E-state index contributed by atoms with van der Waals surface area (Å²) in [4.78, 5) is 17.6. The van der Waals surface area contributed by atoms with Crippen molar-refractivity contribution in [3.05, 3.63) is 35.4 Å². The summed E-state index contributed by atoms with van der Waals surface area (Å²) in [5, 5.41) is 2.63. The molecule has 0 fully saturated rings. The Morgan fingerprint density at radius 2 is 2.25 bits per heavy atom. The summed E-state index contributed by atoms with van der Waals surface area (Å²) in [5.41, 5.74) is 2.52. The molecule has 1 aliphatic rings. The van der Waals surface area contributed by atoms with Crippen LogP contribution in [0.3, 0.4) is 0 Å². The van der Waals surface area contributed by atoms with E-state index < -0.39 is 6.09 Å². The van der Waals surface area contributed by atoms with Crippen molar-refractivity contribution in [1.29, 1.82) is 0 Å². The van der Waals surface area contributed by atoms with Crippen LogP contribution in [-0.2, 0) is 4.74 Å². The van der Waals surface area contributed by atoms with E-state index >= 15 is 0 Å². The number of hydrogen-bond donors (Lipinski definition) is 1. The standard InChI is InChI=1S/C15H21N3O2/c1-10(2)11-6-5-7-12(8-11)13-9-16-14(18(13)3)17-15(19)20-4/h5-8,10,13H,9H2,1-4H3,(H,16,17,19). The quantitative estimate of drug-likeness (QED) is 0.902. The van der Waals surface area contributed by atoms with Gasteiger partial charge in [-0.2, -0.15) is 0 Å². The highest BCUT2D eigenvalue weighted by atomic mass is 16.5. The van der Waals surface area contributed by atoms with Crippen LogP contribution >= 0.6 is 0 Å². The Morgan fingerprint density at radius 1 is 1.50 bits per heavy atom. The molecule has 2 rings (SSSR count). The van der Waals surface area contributed by atoms with Gasteiger partial charge in [0.1, 0.15) is 0 Å². The topological polar surface area (TPSA) is 53.9 Å². The van der Waals surface area contributed by atoms with Gasteiger partial charge in [-0.3, -0.25) is 10.3 Å². The zero-order valence-electron chi connectivity index (χ0n) is 12.4. The molecule has 0 saturated heterocycles. The van der Waals surface area contributed by atoms with E-state index in [4.69, 9.17) is 0 Å². The maximum Gasteiger partial charge on any atom is 0.413 e. The van der Waals surface area contributed by atoms with Crippen LogP contribution in [0.25, 0.3) is 0 Å². The van der Waals surface area contributed by atoms with Gasteiger partial charge < -0.3 is 9.64 Å². The summed E-state index contributed by atoms with van der Waals surface area (Å²) in [6.45, 7) is 4.99. The summed E-state index contributed by atoms with van der Waals surface area (Å²) >= 11 is 0. The normalized spacial score (nSPS) is 18.1. The third kappa shape index (κ3) is 2.92. The molecule has 1 unspecified atom stereocenters. The van der Waals surface area contributed by atoms with E-state index in [0.717, 1.165) is 0 Å². The predicted molar refractivity (Wildman–Crippen MR) is 78.9 cm³/mol. The minimum atomic E-state index is -0.493. The van der Waals surface area contributed by atoms with Gasteiger partial charge in [0.2, 0.25) is 5.96 Å². The van der Waals surface area contributed by atoms with Crippen molar-refractivity contribution in [2.24, 2.45) is 4.99 Å². The summed E-state index contributed by atoms with van der Waals surface area (Å²) in [6, 6.07) is 8.68. The number of guanidine groups is 1. The molecule has 1 aromatic carbocycles. The monoisotopic (exact) mass is 275 g/mol. The number of likely N-dealkylation sites (N-methyl/N-ethyl adjacent to an activating group) is 1. The van der Waals surface area contributed by atoms with E-state index in [2.05, 4.69) is 53.2 Å². The average molecular weight is 275 g/mol. The molecule has 1 N–H and O–H groups in total. The lowest BCUT2D eigenvalue weighted by Gasteiger charge is -2.24. The maximum absolute atomic E-state index is 11.3. The fourth-order valence-electron chi connectivity index (χ4n) is 2.28. The number of carbonyl (C=O) groups excluding carboxylic acids is 1. The van der Waals surface area contributed by atoms with Crippen LogP contribution in [0.15, 0.2) is 29.3 Å². The van der Waals surface area contributed by atoms with Crippen molar-refractivity contribution in [3.63, 3.8) is 0 Å². The van der Waals surface area contributed by atoms with Gasteiger partial charge in [-0.1, -0.05) is 38.1 Å². The van der Waals surface area contributed by atoms with Gasteiger partial charge >= 0.3 is 6.09 Å². The molecule has 0 bridgehead atoms. The van der Waals surface area contributed by atoms with Crippen molar-refractivity contribution >= 4 is 12.1 Å². The Balaban J connectivity index is 2.13. The number of hydrogen-bond acceptors (Lipinski definition) is 4. The van der Waals surface area contributed by atoms with Crippen molar-refractivity contribution in [2.75, 3.05) is 20.7 Å². The first-order valence-corrected chi connectivity index (χ1v) is 6.75. The Hall–Kier alpha value is -2.04. The molecule has 1 aliphatic heterocycles. The number of carbonyl (C=O) groups is 1. The molecule has 1 atom stereocenters. The number of aliphatic imine (C=N–C) groups is 1. The van der Waals surface area contributed by atoms with Crippen LogP contribution in [0.5, 0.6) is 0 Å². The van der Waals surface area contributed by atoms with Crippen molar-refractivity contribution in [3.8, 4) is 0 Å². The smallest absolute Gasteiger partial charge is 0.413 e. The van der Waals surface area contributed by atoms with Gasteiger partial charge in [-0.25, -0.2) is 4.79 Å². The van der Waals surface area contributed by atoms with E-state index in [1.807, 2.05) is 11.9 Å². The molecule has 108 valence electrons. The van der Waals surface area contributed by atoms with E-state index in [0.29, 0.717) is 18.4 Å². The number of benzene rings is 1. The summed E-state index contributed by atoms with van der Waals surface area (Å²) in [5.74, 6) is 1.05. The Labute approximate surface area is 119 Å². The van der Waals surface area contributed by atoms with Crippen molar-refractivity contribution in [1.82, 2.24) is 10.2 Å². The molecule has 1 heterocycles. The van der Waals surface area contributed by atoms with Crippen molar-refractivity contribution < 1.29 is 9.53 Å². The van der Waals surface area contributed by atoms with E-state index in [9.17, 15) is 4.79 Å².